The monoisotopic (exact) mass is 316 g/mol. The molecule has 1 aromatic carbocycles. The molecule has 0 saturated carbocycles. The molecule has 1 aromatic rings. The molecule has 1 unspecified atom stereocenters. The summed E-state index contributed by atoms with van der Waals surface area (Å²) in [5, 5.41) is 0. The second-order valence-corrected chi connectivity index (χ2v) is 5.94. The van der Waals surface area contributed by atoms with Gasteiger partial charge in [0.25, 0.3) is 5.91 Å². The van der Waals surface area contributed by atoms with E-state index in [1.165, 1.54) is 6.92 Å². The number of fused-ring (bicyclic) bond motifs is 1. The van der Waals surface area contributed by atoms with Crippen LogP contribution in [0.1, 0.15) is 29.3 Å². The van der Waals surface area contributed by atoms with Crippen molar-refractivity contribution < 1.29 is 19.1 Å². The van der Waals surface area contributed by atoms with Gasteiger partial charge in [-0.15, -0.1) is 0 Å². The smallest absolute Gasteiger partial charge is 0.339 e. The summed E-state index contributed by atoms with van der Waals surface area (Å²) in [5.41, 5.74) is 1.39. The molecule has 6 heteroatoms. The molecule has 0 aliphatic carbocycles. The molecule has 1 atom stereocenters. The van der Waals surface area contributed by atoms with Gasteiger partial charge >= 0.3 is 5.97 Å². The molecule has 2 aliphatic heterocycles. The SMILES string of the molecule is CC(=O)N1CCCN(C(=O)C2Cc3ccccc3C(=O)O2)CC1. The summed E-state index contributed by atoms with van der Waals surface area (Å²) < 4.78 is 5.33. The first-order valence-electron chi connectivity index (χ1n) is 7.89. The van der Waals surface area contributed by atoms with Gasteiger partial charge in [0.1, 0.15) is 0 Å². The lowest BCUT2D eigenvalue weighted by molar-refractivity contribution is -0.141. The lowest BCUT2D eigenvalue weighted by Crippen LogP contribution is -2.46. The summed E-state index contributed by atoms with van der Waals surface area (Å²) in [7, 11) is 0. The van der Waals surface area contributed by atoms with Crippen LogP contribution in [-0.4, -0.2) is 59.9 Å². The molecule has 0 spiro atoms. The summed E-state index contributed by atoms with van der Waals surface area (Å²) in [5.74, 6) is -0.582. The van der Waals surface area contributed by atoms with E-state index in [2.05, 4.69) is 0 Å². The quantitative estimate of drug-likeness (QED) is 0.720. The zero-order chi connectivity index (χ0) is 16.4. The van der Waals surface area contributed by atoms with Crippen molar-refractivity contribution in [2.75, 3.05) is 26.2 Å². The van der Waals surface area contributed by atoms with Gasteiger partial charge in [0, 0.05) is 39.5 Å². The summed E-state index contributed by atoms with van der Waals surface area (Å²) in [6, 6.07) is 7.22. The molecular weight excluding hydrogens is 296 g/mol. The second-order valence-electron chi connectivity index (χ2n) is 5.94. The maximum Gasteiger partial charge on any atom is 0.339 e. The van der Waals surface area contributed by atoms with Gasteiger partial charge in [0.2, 0.25) is 5.91 Å². The van der Waals surface area contributed by atoms with Gasteiger partial charge in [-0.05, 0) is 18.1 Å². The van der Waals surface area contributed by atoms with E-state index in [4.69, 9.17) is 4.74 Å². The van der Waals surface area contributed by atoms with Crippen molar-refractivity contribution in [1.82, 2.24) is 9.80 Å². The Labute approximate surface area is 135 Å². The Kier molecular flexibility index (Phi) is 4.32. The van der Waals surface area contributed by atoms with Crippen LogP contribution in [0.5, 0.6) is 0 Å². The minimum Gasteiger partial charge on any atom is -0.448 e. The van der Waals surface area contributed by atoms with E-state index in [0.29, 0.717) is 38.2 Å². The van der Waals surface area contributed by atoms with Crippen LogP contribution < -0.4 is 0 Å². The Morgan fingerprint density at radius 3 is 2.57 bits per heavy atom. The van der Waals surface area contributed by atoms with E-state index in [0.717, 1.165) is 12.0 Å². The third-order valence-electron chi connectivity index (χ3n) is 4.42. The van der Waals surface area contributed by atoms with Gasteiger partial charge in [-0.25, -0.2) is 4.79 Å². The Morgan fingerprint density at radius 1 is 1.09 bits per heavy atom. The van der Waals surface area contributed by atoms with Crippen molar-refractivity contribution in [1.29, 1.82) is 0 Å². The van der Waals surface area contributed by atoms with Crippen LogP contribution >= 0.6 is 0 Å². The highest BCUT2D eigenvalue weighted by molar-refractivity contribution is 5.95. The van der Waals surface area contributed by atoms with Gasteiger partial charge in [0.15, 0.2) is 6.10 Å². The van der Waals surface area contributed by atoms with Crippen LogP contribution in [0.25, 0.3) is 0 Å². The molecule has 3 rings (SSSR count). The zero-order valence-electron chi connectivity index (χ0n) is 13.2. The third-order valence-corrected chi connectivity index (χ3v) is 4.42. The molecule has 1 fully saturated rings. The largest absolute Gasteiger partial charge is 0.448 e. The normalized spacial score (nSPS) is 21.3. The lowest BCUT2D eigenvalue weighted by atomic mass is 9.98. The Balaban J connectivity index is 1.69. The Morgan fingerprint density at radius 2 is 1.78 bits per heavy atom. The van der Waals surface area contributed by atoms with Gasteiger partial charge < -0.3 is 14.5 Å². The maximum atomic E-state index is 12.7. The number of nitrogens with zero attached hydrogens (tertiary/aromatic N) is 2. The average Bonchev–Trinajstić information content (AvgIpc) is 2.80. The molecule has 0 aromatic heterocycles. The molecule has 2 heterocycles. The fourth-order valence-corrected chi connectivity index (χ4v) is 3.13. The van der Waals surface area contributed by atoms with E-state index in [1.807, 2.05) is 12.1 Å². The van der Waals surface area contributed by atoms with Crippen molar-refractivity contribution in [3.63, 3.8) is 0 Å². The standard InChI is InChI=1S/C17H20N2O4/c1-12(20)18-7-4-8-19(10-9-18)16(21)15-11-13-5-2-3-6-14(13)17(22)23-15/h2-3,5-6,15H,4,7-11H2,1H3. The fraction of sp³-hybridized carbons (Fsp3) is 0.471. The predicted octanol–water partition coefficient (Wildman–Crippen LogP) is 0.849. The minimum atomic E-state index is -0.763. The number of esters is 1. The highest BCUT2D eigenvalue weighted by Crippen LogP contribution is 2.22. The number of amides is 2. The number of hydrogen-bond acceptors (Lipinski definition) is 4. The zero-order valence-corrected chi connectivity index (χ0v) is 13.2. The Hall–Kier alpha value is -2.37. The summed E-state index contributed by atoms with van der Waals surface area (Å²) in [6.07, 6.45) is 0.386. The van der Waals surface area contributed by atoms with Crippen molar-refractivity contribution in [2.24, 2.45) is 0 Å². The van der Waals surface area contributed by atoms with Crippen molar-refractivity contribution in [2.45, 2.75) is 25.9 Å². The van der Waals surface area contributed by atoms with Crippen LogP contribution in [0.2, 0.25) is 0 Å². The van der Waals surface area contributed by atoms with Gasteiger partial charge in [-0.2, -0.15) is 0 Å². The molecule has 2 aliphatic rings. The molecule has 6 nitrogen and oxygen atoms in total. The highest BCUT2D eigenvalue weighted by Gasteiger charge is 2.34. The molecule has 2 amide bonds. The number of benzene rings is 1. The van der Waals surface area contributed by atoms with Gasteiger partial charge in [-0.1, -0.05) is 18.2 Å². The molecule has 0 N–H and O–H groups in total. The van der Waals surface area contributed by atoms with Crippen LogP contribution in [0.3, 0.4) is 0 Å². The third kappa shape index (κ3) is 3.21. The summed E-state index contributed by atoms with van der Waals surface area (Å²) in [6.45, 7) is 3.79. The van der Waals surface area contributed by atoms with Gasteiger partial charge in [0.05, 0.1) is 5.56 Å². The van der Waals surface area contributed by atoms with E-state index < -0.39 is 12.1 Å². The molecule has 122 valence electrons. The Bertz CT molecular complexity index is 643. The molecular formula is C17H20N2O4. The van der Waals surface area contributed by atoms with Crippen molar-refractivity contribution in [3.8, 4) is 0 Å². The average molecular weight is 316 g/mol. The maximum absolute atomic E-state index is 12.7. The lowest BCUT2D eigenvalue weighted by Gasteiger charge is -2.29. The number of carbonyl (C=O) groups is 3. The summed E-state index contributed by atoms with van der Waals surface area (Å²) in [4.78, 5) is 39.6. The van der Waals surface area contributed by atoms with Crippen LogP contribution in [0.15, 0.2) is 24.3 Å². The van der Waals surface area contributed by atoms with Crippen LogP contribution in [-0.2, 0) is 20.7 Å². The highest BCUT2D eigenvalue weighted by atomic mass is 16.5. The van der Waals surface area contributed by atoms with Crippen LogP contribution in [0, 0.1) is 0 Å². The minimum absolute atomic E-state index is 0.0253. The van der Waals surface area contributed by atoms with E-state index in [-0.39, 0.29) is 11.8 Å². The number of hydrogen-bond donors (Lipinski definition) is 0. The summed E-state index contributed by atoms with van der Waals surface area (Å²) >= 11 is 0. The second kappa shape index (κ2) is 6.40. The molecule has 1 saturated heterocycles. The van der Waals surface area contributed by atoms with Gasteiger partial charge in [-0.3, -0.25) is 9.59 Å². The predicted molar refractivity (Wildman–Crippen MR) is 82.8 cm³/mol. The molecule has 23 heavy (non-hydrogen) atoms. The molecule has 0 radical (unpaired) electrons. The topological polar surface area (TPSA) is 66.9 Å². The number of cyclic esters (lactones) is 1. The van der Waals surface area contributed by atoms with E-state index in [1.54, 1.807) is 21.9 Å². The first-order chi connectivity index (χ1) is 11.1. The number of ether oxygens (including phenoxy) is 1. The number of rotatable bonds is 1. The first kappa shape index (κ1) is 15.5. The number of carbonyl (C=O) groups excluding carboxylic acids is 3. The van der Waals surface area contributed by atoms with E-state index in [9.17, 15) is 14.4 Å². The fourth-order valence-electron chi connectivity index (χ4n) is 3.13. The first-order valence-corrected chi connectivity index (χ1v) is 7.89. The van der Waals surface area contributed by atoms with Crippen LogP contribution in [0.4, 0.5) is 0 Å². The van der Waals surface area contributed by atoms with Crippen molar-refractivity contribution >= 4 is 17.8 Å². The van der Waals surface area contributed by atoms with E-state index >= 15 is 0 Å². The molecule has 0 bridgehead atoms. The van der Waals surface area contributed by atoms with Crippen molar-refractivity contribution in [3.05, 3.63) is 35.4 Å².